The second-order valence-corrected chi connectivity index (χ2v) is 5.61. The lowest BCUT2D eigenvalue weighted by Gasteiger charge is -2.32. The van der Waals surface area contributed by atoms with Crippen LogP contribution < -0.4 is 5.32 Å². The molecule has 0 aliphatic carbocycles. The molecular formula is C13H15Cl2NO. The van der Waals surface area contributed by atoms with Gasteiger partial charge in [0.2, 0.25) is 0 Å². The average Bonchev–Trinajstić information content (AvgIpc) is 2.32. The smallest absolute Gasteiger partial charge is 0.170 e. The van der Waals surface area contributed by atoms with E-state index in [-0.39, 0.29) is 11.2 Å². The van der Waals surface area contributed by atoms with E-state index in [0.717, 1.165) is 25.9 Å². The van der Waals surface area contributed by atoms with Crippen molar-refractivity contribution in [3.05, 3.63) is 33.8 Å². The highest BCUT2D eigenvalue weighted by Gasteiger charge is 2.35. The standard InChI is InChI=1S/C13H15Cl2NO/c1-13(4-6-16-7-5-13)12(17)10-8-9(14)2-3-11(10)15/h2-3,8,16H,4-7H2,1H3. The minimum atomic E-state index is -0.320. The fourth-order valence-corrected chi connectivity index (χ4v) is 2.58. The molecule has 0 radical (unpaired) electrons. The predicted octanol–water partition coefficient (Wildman–Crippen LogP) is 3.57. The van der Waals surface area contributed by atoms with Gasteiger partial charge in [0.1, 0.15) is 0 Å². The number of piperidine rings is 1. The van der Waals surface area contributed by atoms with Crippen molar-refractivity contribution in [2.45, 2.75) is 19.8 Å². The summed E-state index contributed by atoms with van der Waals surface area (Å²) in [6.45, 7) is 3.76. The number of benzene rings is 1. The number of carbonyl (C=O) groups excluding carboxylic acids is 1. The van der Waals surface area contributed by atoms with Crippen molar-refractivity contribution >= 4 is 29.0 Å². The highest BCUT2D eigenvalue weighted by Crippen LogP contribution is 2.35. The highest BCUT2D eigenvalue weighted by molar-refractivity contribution is 6.36. The summed E-state index contributed by atoms with van der Waals surface area (Å²) in [5.74, 6) is 0.103. The van der Waals surface area contributed by atoms with E-state index >= 15 is 0 Å². The van der Waals surface area contributed by atoms with Gasteiger partial charge in [0.25, 0.3) is 0 Å². The van der Waals surface area contributed by atoms with E-state index in [0.29, 0.717) is 15.6 Å². The van der Waals surface area contributed by atoms with Crippen molar-refractivity contribution in [3.8, 4) is 0 Å². The molecule has 2 rings (SSSR count). The molecule has 0 saturated carbocycles. The molecule has 4 heteroatoms. The van der Waals surface area contributed by atoms with Gasteiger partial charge in [-0.05, 0) is 44.1 Å². The van der Waals surface area contributed by atoms with Crippen LogP contribution in [0.1, 0.15) is 30.1 Å². The second kappa shape index (κ2) is 4.97. The fourth-order valence-electron chi connectivity index (χ4n) is 2.20. The van der Waals surface area contributed by atoms with Crippen LogP contribution in [-0.4, -0.2) is 18.9 Å². The van der Waals surface area contributed by atoms with Crippen LogP contribution in [-0.2, 0) is 0 Å². The third-order valence-electron chi connectivity index (χ3n) is 3.43. The Balaban J connectivity index is 2.32. The zero-order valence-electron chi connectivity index (χ0n) is 9.72. The monoisotopic (exact) mass is 271 g/mol. The lowest BCUT2D eigenvalue weighted by atomic mass is 9.75. The number of Topliss-reactive ketones (excluding diaryl/α,β-unsaturated/α-hetero) is 1. The topological polar surface area (TPSA) is 29.1 Å². The van der Waals surface area contributed by atoms with Gasteiger partial charge in [0.15, 0.2) is 5.78 Å². The molecule has 1 N–H and O–H groups in total. The van der Waals surface area contributed by atoms with Gasteiger partial charge in [0, 0.05) is 16.0 Å². The molecule has 0 aromatic heterocycles. The third-order valence-corrected chi connectivity index (χ3v) is 3.99. The molecule has 2 nitrogen and oxygen atoms in total. The van der Waals surface area contributed by atoms with Crippen molar-refractivity contribution < 1.29 is 4.79 Å². The molecular weight excluding hydrogens is 257 g/mol. The summed E-state index contributed by atoms with van der Waals surface area (Å²) in [5, 5.41) is 4.30. The Hall–Kier alpha value is -0.570. The van der Waals surface area contributed by atoms with Crippen LogP contribution in [0.5, 0.6) is 0 Å². The zero-order valence-corrected chi connectivity index (χ0v) is 11.2. The summed E-state index contributed by atoms with van der Waals surface area (Å²) < 4.78 is 0. The van der Waals surface area contributed by atoms with Gasteiger partial charge in [-0.1, -0.05) is 30.1 Å². The first-order valence-corrected chi connectivity index (χ1v) is 6.49. The average molecular weight is 272 g/mol. The highest BCUT2D eigenvalue weighted by atomic mass is 35.5. The first-order chi connectivity index (χ1) is 8.03. The zero-order chi connectivity index (χ0) is 12.5. The van der Waals surface area contributed by atoms with Crippen molar-refractivity contribution in [2.75, 3.05) is 13.1 Å². The molecule has 17 heavy (non-hydrogen) atoms. The molecule has 1 heterocycles. The number of hydrogen-bond donors (Lipinski definition) is 1. The van der Waals surface area contributed by atoms with Crippen LogP contribution in [0.25, 0.3) is 0 Å². The second-order valence-electron chi connectivity index (χ2n) is 4.76. The van der Waals surface area contributed by atoms with E-state index in [4.69, 9.17) is 23.2 Å². The molecule has 0 spiro atoms. The predicted molar refractivity (Wildman–Crippen MR) is 71.0 cm³/mol. The van der Waals surface area contributed by atoms with Crippen molar-refractivity contribution in [3.63, 3.8) is 0 Å². The van der Waals surface area contributed by atoms with E-state index in [9.17, 15) is 4.79 Å². The molecule has 0 unspecified atom stereocenters. The first-order valence-electron chi connectivity index (χ1n) is 5.73. The molecule has 0 atom stereocenters. The molecule has 0 amide bonds. The van der Waals surface area contributed by atoms with Crippen molar-refractivity contribution in [1.29, 1.82) is 0 Å². The van der Waals surface area contributed by atoms with Gasteiger partial charge < -0.3 is 5.32 Å². The summed E-state index contributed by atoms with van der Waals surface area (Å²) >= 11 is 12.0. The van der Waals surface area contributed by atoms with E-state index in [2.05, 4.69) is 5.32 Å². The van der Waals surface area contributed by atoms with E-state index in [1.54, 1.807) is 18.2 Å². The fraction of sp³-hybridized carbons (Fsp3) is 0.462. The summed E-state index contributed by atoms with van der Waals surface area (Å²) in [7, 11) is 0. The Kier molecular flexibility index (Phi) is 3.76. The molecule has 92 valence electrons. The minimum absolute atomic E-state index is 0.103. The Morgan fingerprint density at radius 1 is 1.29 bits per heavy atom. The SMILES string of the molecule is CC1(C(=O)c2cc(Cl)ccc2Cl)CCNCC1. The summed E-state index contributed by atoms with van der Waals surface area (Å²) in [6.07, 6.45) is 1.68. The number of nitrogens with one attached hydrogen (secondary N) is 1. The maximum absolute atomic E-state index is 12.5. The van der Waals surface area contributed by atoms with Gasteiger partial charge in [0.05, 0.1) is 5.02 Å². The summed E-state index contributed by atoms with van der Waals surface area (Å²) in [5.41, 5.74) is 0.225. The van der Waals surface area contributed by atoms with Crippen molar-refractivity contribution in [2.24, 2.45) is 5.41 Å². The largest absolute Gasteiger partial charge is 0.317 e. The van der Waals surface area contributed by atoms with Crippen LogP contribution in [0.2, 0.25) is 10.0 Å². The minimum Gasteiger partial charge on any atom is -0.317 e. The quantitative estimate of drug-likeness (QED) is 0.834. The van der Waals surface area contributed by atoms with Crippen LogP contribution in [0, 0.1) is 5.41 Å². The van der Waals surface area contributed by atoms with E-state index in [1.165, 1.54) is 0 Å². The summed E-state index contributed by atoms with van der Waals surface area (Å²) in [6, 6.07) is 5.05. The van der Waals surface area contributed by atoms with E-state index < -0.39 is 0 Å². The van der Waals surface area contributed by atoms with Crippen molar-refractivity contribution in [1.82, 2.24) is 5.32 Å². The van der Waals surface area contributed by atoms with Gasteiger partial charge in [-0.3, -0.25) is 4.79 Å². The van der Waals surface area contributed by atoms with E-state index in [1.807, 2.05) is 6.92 Å². The molecule has 1 aromatic carbocycles. The molecule has 1 aliphatic heterocycles. The van der Waals surface area contributed by atoms with Gasteiger partial charge in [-0.2, -0.15) is 0 Å². The number of halogens is 2. The Morgan fingerprint density at radius 3 is 2.59 bits per heavy atom. The molecule has 1 aliphatic rings. The lowest BCUT2D eigenvalue weighted by molar-refractivity contribution is 0.0762. The molecule has 1 saturated heterocycles. The van der Waals surface area contributed by atoms with Crippen LogP contribution in [0.4, 0.5) is 0 Å². The number of rotatable bonds is 2. The molecule has 0 bridgehead atoms. The number of ketones is 1. The third kappa shape index (κ3) is 2.65. The number of carbonyl (C=O) groups is 1. The van der Waals surface area contributed by atoms with Gasteiger partial charge >= 0.3 is 0 Å². The Bertz CT molecular complexity index is 439. The Labute approximate surface area is 111 Å². The normalized spacial score (nSPS) is 19.0. The Morgan fingerprint density at radius 2 is 1.94 bits per heavy atom. The lowest BCUT2D eigenvalue weighted by Crippen LogP contribution is -2.40. The molecule has 1 fully saturated rings. The van der Waals surface area contributed by atoms with Crippen LogP contribution in [0.3, 0.4) is 0 Å². The maximum Gasteiger partial charge on any atom is 0.170 e. The van der Waals surface area contributed by atoms with Crippen LogP contribution >= 0.6 is 23.2 Å². The van der Waals surface area contributed by atoms with Crippen LogP contribution in [0.15, 0.2) is 18.2 Å². The van der Waals surface area contributed by atoms with Gasteiger partial charge in [-0.25, -0.2) is 0 Å². The number of hydrogen-bond acceptors (Lipinski definition) is 2. The summed E-state index contributed by atoms with van der Waals surface area (Å²) in [4.78, 5) is 12.5. The molecule has 1 aromatic rings. The first kappa shape index (κ1) is 12.9. The maximum atomic E-state index is 12.5. The van der Waals surface area contributed by atoms with Gasteiger partial charge in [-0.15, -0.1) is 0 Å².